The number of pyridine rings is 1. The van der Waals surface area contributed by atoms with Crippen LogP contribution in [0.15, 0.2) is 23.2 Å². The first-order chi connectivity index (χ1) is 8.52. The Labute approximate surface area is 106 Å². The van der Waals surface area contributed by atoms with Gasteiger partial charge in [-0.2, -0.15) is 4.31 Å². The van der Waals surface area contributed by atoms with Crippen molar-refractivity contribution in [2.24, 2.45) is 0 Å². The number of nitrogens with zero attached hydrogens (tertiary/aromatic N) is 2. The van der Waals surface area contributed by atoms with Crippen molar-refractivity contribution in [3.05, 3.63) is 18.3 Å². The quantitative estimate of drug-likeness (QED) is 0.681. The number of hydrogen-bond donors (Lipinski definition) is 2. The third-order valence-electron chi connectivity index (χ3n) is 2.29. The van der Waals surface area contributed by atoms with Gasteiger partial charge in [0.1, 0.15) is 10.7 Å². The summed E-state index contributed by atoms with van der Waals surface area (Å²) in [5, 5.41) is 8.91. The summed E-state index contributed by atoms with van der Waals surface area (Å²) in [6.45, 7) is 0.173. The smallest absolute Gasteiger partial charge is 0.244 e. The van der Waals surface area contributed by atoms with Crippen molar-refractivity contribution >= 4 is 15.8 Å². The highest BCUT2D eigenvalue weighted by Gasteiger charge is 2.23. The van der Waals surface area contributed by atoms with Crippen LogP contribution in [0.2, 0.25) is 0 Å². The van der Waals surface area contributed by atoms with Crippen LogP contribution in [0, 0.1) is 0 Å². The number of nitrogen functional groups attached to an aromatic ring is 1. The van der Waals surface area contributed by atoms with E-state index in [0.717, 1.165) is 4.31 Å². The standard InChI is InChI=1S/C10H17N3O4S/c1-17-7-5-13(4-6-14)18(15,16)9-2-3-10(11)12-8-9/h2-3,8,14H,4-7H2,1H3,(H2,11,12). The summed E-state index contributed by atoms with van der Waals surface area (Å²) in [5.74, 6) is 0.250. The van der Waals surface area contributed by atoms with E-state index in [0.29, 0.717) is 0 Å². The van der Waals surface area contributed by atoms with Crippen LogP contribution in [0.1, 0.15) is 0 Å². The molecule has 0 saturated heterocycles. The van der Waals surface area contributed by atoms with Crippen LogP contribution < -0.4 is 5.73 Å². The molecule has 3 N–H and O–H groups in total. The van der Waals surface area contributed by atoms with Crippen molar-refractivity contribution in [3.8, 4) is 0 Å². The van der Waals surface area contributed by atoms with Gasteiger partial charge in [0.25, 0.3) is 0 Å². The Morgan fingerprint density at radius 1 is 1.44 bits per heavy atom. The lowest BCUT2D eigenvalue weighted by atomic mass is 10.5. The number of aliphatic hydroxyl groups is 1. The summed E-state index contributed by atoms with van der Waals surface area (Å²) >= 11 is 0. The molecule has 0 spiro atoms. The first kappa shape index (κ1) is 14.8. The Bertz CT molecular complexity index is 461. The Morgan fingerprint density at radius 2 is 2.17 bits per heavy atom. The zero-order chi connectivity index (χ0) is 13.6. The number of rotatable bonds is 7. The van der Waals surface area contributed by atoms with Crippen LogP contribution in [0.3, 0.4) is 0 Å². The minimum atomic E-state index is -3.68. The average molecular weight is 275 g/mol. The normalized spacial score (nSPS) is 11.9. The molecule has 0 fully saturated rings. The van der Waals surface area contributed by atoms with E-state index in [2.05, 4.69) is 4.98 Å². The third kappa shape index (κ3) is 3.64. The molecule has 1 rings (SSSR count). The number of nitrogens with two attached hydrogens (primary N) is 1. The largest absolute Gasteiger partial charge is 0.395 e. The maximum absolute atomic E-state index is 12.2. The van der Waals surface area contributed by atoms with Gasteiger partial charge in [-0.1, -0.05) is 0 Å². The minimum absolute atomic E-state index is 0.00999. The molecule has 1 heterocycles. The van der Waals surface area contributed by atoms with E-state index in [1.807, 2.05) is 0 Å². The summed E-state index contributed by atoms with van der Waals surface area (Å²) in [4.78, 5) is 3.79. The molecule has 0 unspecified atom stereocenters. The number of methoxy groups -OCH3 is 1. The van der Waals surface area contributed by atoms with Crippen molar-refractivity contribution in [2.45, 2.75) is 4.90 Å². The molecule has 0 aliphatic heterocycles. The Balaban J connectivity index is 2.96. The van der Waals surface area contributed by atoms with Gasteiger partial charge in [0, 0.05) is 26.4 Å². The van der Waals surface area contributed by atoms with E-state index in [1.165, 1.54) is 25.4 Å². The lowest BCUT2D eigenvalue weighted by molar-refractivity contribution is 0.168. The van der Waals surface area contributed by atoms with Crippen molar-refractivity contribution in [3.63, 3.8) is 0 Å². The number of aliphatic hydroxyl groups excluding tert-OH is 1. The molecule has 0 bridgehead atoms. The van der Waals surface area contributed by atoms with Gasteiger partial charge in [-0.25, -0.2) is 13.4 Å². The van der Waals surface area contributed by atoms with E-state index in [1.54, 1.807) is 0 Å². The Morgan fingerprint density at radius 3 is 2.67 bits per heavy atom. The van der Waals surface area contributed by atoms with Gasteiger partial charge in [-0.15, -0.1) is 0 Å². The zero-order valence-electron chi connectivity index (χ0n) is 10.1. The van der Waals surface area contributed by atoms with Gasteiger partial charge in [-0.05, 0) is 12.1 Å². The Hall–Kier alpha value is -1.22. The lowest BCUT2D eigenvalue weighted by Crippen LogP contribution is -2.36. The monoisotopic (exact) mass is 275 g/mol. The maximum atomic E-state index is 12.2. The molecule has 0 atom stereocenters. The highest BCUT2D eigenvalue weighted by molar-refractivity contribution is 7.89. The van der Waals surface area contributed by atoms with Crippen LogP contribution in [0.25, 0.3) is 0 Å². The summed E-state index contributed by atoms with van der Waals surface area (Å²) in [5.41, 5.74) is 5.41. The zero-order valence-corrected chi connectivity index (χ0v) is 10.9. The minimum Gasteiger partial charge on any atom is -0.395 e. The van der Waals surface area contributed by atoms with Gasteiger partial charge < -0.3 is 15.6 Å². The molecule has 1 aromatic rings. The molecule has 0 aliphatic rings. The molecular formula is C10H17N3O4S. The fourth-order valence-electron chi connectivity index (χ4n) is 1.35. The van der Waals surface area contributed by atoms with E-state index in [4.69, 9.17) is 15.6 Å². The number of anilines is 1. The summed E-state index contributed by atoms with van der Waals surface area (Å²) in [7, 11) is -2.20. The van der Waals surface area contributed by atoms with Gasteiger partial charge in [0.2, 0.25) is 10.0 Å². The molecule has 0 aliphatic carbocycles. The Kier molecular flexibility index (Phi) is 5.48. The van der Waals surface area contributed by atoms with Crippen LogP contribution in [0.4, 0.5) is 5.82 Å². The summed E-state index contributed by atoms with van der Waals surface area (Å²) in [6.07, 6.45) is 1.20. The fraction of sp³-hybridized carbons (Fsp3) is 0.500. The average Bonchev–Trinajstić information content (AvgIpc) is 2.35. The van der Waals surface area contributed by atoms with E-state index in [9.17, 15) is 8.42 Å². The maximum Gasteiger partial charge on any atom is 0.244 e. The first-order valence-corrected chi connectivity index (χ1v) is 6.78. The highest BCUT2D eigenvalue weighted by atomic mass is 32.2. The number of ether oxygens (including phenoxy) is 1. The van der Waals surface area contributed by atoms with E-state index in [-0.39, 0.29) is 37.0 Å². The summed E-state index contributed by atoms with van der Waals surface area (Å²) in [6, 6.07) is 2.80. The number of aromatic nitrogens is 1. The molecule has 7 nitrogen and oxygen atoms in total. The SMILES string of the molecule is COCCN(CCO)S(=O)(=O)c1ccc(N)nc1. The molecular weight excluding hydrogens is 258 g/mol. The second kappa shape index (κ2) is 6.64. The van der Waals surface area contributed by atoms with Crippen LogP contribution in [-0.4, -0.2) is 56.2 Å². The molecule has 0 saturated carbocycles. The van der Waals surface area contributed by atoms with Crippen molar-refractivity contribution < 1.29 is 18.3 Å². The molecule has 18 heavy (non-hydrogen) atoms. The van der Waals surface area contributed by atoms with Crippen LogP contribution in [0.5, 0.6) is 0 Å². The van der Waals surface area contributed by atoms with Crippen molar-refractivity contribution in [2.75, 3.05) is 39.1 Å². The fourth-order valence-corrected chi connectivity index (χ4v) is 2.71. The topological polar surface area (TPSA) is 106 Å². The van der Waals surface area contributed by atoms with Crippen molar-refractivity contribution in [1.82, 2.24) is 9.29 Å². The van der Waals surface area contributed by atoms with Gasteiger partial charge >= 0.3 is 0 Å². The number of sulfonamides is 1. The van der Waals surface area contributed by atoms with Crippen molar-refractivity contribution in [1.29, 1.82) is 0 Å². The molecule has 102 valence electrons. The molecule has 0 aromatic carbocycles. The molecule has 0 amide bonds. The predicted molar refractivity (Wildman–Crippen MR) is 66.4 cm³/mol. The third-order valence-corrected chi connectivity index (χ3v) is 4.17. The molecule has 1 aromatic heterocycles. The van der Waals surface area contributed by atoms with Crippen LogP contribution >= 0.6 is 0 Å². The highest BCUT2D eigenvalue weighted by Crippen LogP contribution is 2.15. The van der Waals surface area contributed by atoms with Gasteiger partial charge in [0.15, 0.2) is 0 Å². The van der Waals surface area contributed by atoms with E-state index < -0.39 is 10.0 Å². The second-order valence-electron chi connectivity index (χ2n) is 3.54. The molecule has 8 heteroatoms. The second-order valence-corrected chi connectivity index (χ2v) is 5.48. The van der Waals surface area contributed by atoms with E-state index >= 15 is 0 Å². The first-order valence-electron chi connectivity index (χ1n) is 5.34. The number of hydrogen-bond acceptors (Lipinski definition) is 6. The van der Waals surface area contributed by atoms with Gasteiger partial charge in [-0.3, -0.25) is 0 Å². The molecule has 0 radical (unpaired) electrons. The van der Waals surface area contributed by atoms with Gasteiger partial charge in [0.05, 0.1) is 13.2 Å². The summed E-state index contributed by atoms with van der Waals surface area (Å²) < 4.78 is 30.4. The lowest BCUT2D eigenvalue weighted by Gasteiger charge is -2.20. The van der Waals surface area contributed by atoms with Crippen LogP contribution in [-0.2, 0) is 14.8 Å². The predicted octanol–water partition coefficient (Wildman–Crippen LogP) is -0.707.